The summed E-state index contributed by atoms with van der Waals surface area (Å²) in [6, 6.07) is 7.02. The molecule has 10 nitrogen and oxygen atoms in total. The number of esters is 1. The Labute approximate surface area is 184 Å². The van der Waals surface area contributed by atoms with Gasteiger partial charge < -0.3 is 10.1 Å². The predicted molar refractivity (Wildman–Crippen MR) is 108 cm³/mol. The highest BCUT2D eigenvalue weighted by Gasteiger charge is 2.31. The Morgan fingerprint density at radius 3 is 2.36 bits per heavy atom. The molecule has 33 heavy (non-hydrogen) atoms. The molecule has 0 radical (unpaired) electrons. The summed E-state index contributed by atoms with van der Waals surface area (Å²) in [6.07, 6.45) is -3.96. The summed E-state index contributed by atoms with van der Waals surface area (Å²) in [6.45, 7) is 2.82. The van der Waals surface area contributed by atoms with E-state index in [2.05, 4.69) is 15.4 Å². The van der Waals surface area contributed by atoms with Gasteiger partial charge in [0.05, 0.1) is 22.4 Å². The maximum atomic E-state index is 12.7. The molecule has 1 atom stereocenters. The number of carbonyl (C=O) groups is 2. The van der Waals surface area contributed by atoms with Crippen molar-refractivity contribution in [3.05, 3.63) is 75.7 Å². The van der Waals surface area contributed by atoms with Crippen molar-refractivity contribution in [3.63, 3.8) is 0 Å². The monoisotopic (exact) mass is 463 g/mol. The molecule has 0 spiro atoms. The van der Waals surface area contributed by atoms with Gasteiger partial charge in [0, 0.05) is 24.0 Å². The van der Waals surface area contributed by atoms with Crippen molar-refractivity contribution in [3.8, 4) is 5.82 Å². The second-order valence-electron chi connectivity index (χ2n) is 6.80. The normalized spacial score (nSPS) is 12.2. The number of hydrogen-bond donors (Lipinski definition) is 1. The highest BCUT2D eigenvalue weighted by Crippen LogP contribution is 2.29. The van der Waals surface area contributed by atoms with Crippen molar-refractivity contribution >= 4 is 23.3 Å². The van der Waals surface area contributed by atoms with Gasteiger partial charge in [-0.05, 0) is 38.1 Å². The number of hydrogen-bond acceptors (Lipinski definition) is 7. The smallest absolute Gasteiger partial charge is 0.417 e. The van der Waals surface area contributed by atoms with Gasteiger partial charge in [0.2, 0.25) is 0 Å². The van der Waals surface area contributed by atoms with Crippen LogP contribution in [0, 0.1) is 17.0 Å². The molecular weight excluding hydrogens is 447 g/mol. The van der Waals surface area contributed by atoms with Crippen LogP contribution in [0.5, 0.6) is 0 Å². The second kappa shape index (κ2) is 9.06. The number of pyridine rings is 1. The lowest BCUT2D eigenvalue weighted by molar-refractivity contribution is -0.384. The lowest BCUT2D eigenvalue weighted by atomic mass is 10.2. The molecule has 0 saturated heterocycles. The van der Waals surface area contributed by atoms with E-state index in [1.807, 2.05) is 0 Å². The number of nitrogens with zero attached hydrogens (tertiary/aromatic N) is 4. The highest BCUT2D eigenvalue weighted by atomic mass is 19.4. The van der Waals surface area contributed by atoms with Crippen LogP contribution < -0.4 is 5.32 Å². The summed E-state index contributed by atoms with van der Waals surface area (Å²) in [7, 11) is 0. The van der Waals surface area contributed by atoms with Gasteiger partial charge in [0.1, 0.15) is 5.56 Å². The summed E-state index contributed by atoms with van der Waals surface area (Å²) in [4.78, 5) is 38.6. The maximum absolute atomic E-state index is 12.7. The number of benzene rings is 1. The van der Waals surface area contributed by atoms with Crippen molar-refractivity contribution in [2.24, 2.45) is 0 Å². The van der Waals surface area contributed by atoms with E-state index in [1.165, 1.54) is 42.8 Å². The SMILES string of the molecule is Cc1c(C(=O)OC(C)C(=O)Nc2ccc([N+](=O)[O-])cc2)cnn1-c1ccc(C(F)(F)F)cn1. The zero-order valence-electron chi connectivity index (χ0n) is 17.2. The Morgan fingerprint density at radius 1 is 1.15 bits per heavy atom. The van der Waals surface area contributed by atoms with Crippen molar-refractivity contribution in [1.82, 2.24) is 14.8 Å². The van der Waals surface area contributed by atoms with Gasteiger partial charge in [0.25, 0.3) is 11.6 Å². The van der Waals surface area contributed by atoms with Crippen molar-refractivity contribution in [1.29, 1.82) is 0 Å². The van der Waals surface area contributed by atoms with E-state index in [9.17, 15) is 32.9 Å². The molecule has 1 aromatic carbocycles. The van der Waals surface area contributed by atoms with Gasteiger partial charge in [-0.15, -0.1) is 0 Å². The number of anilines is 1. The molecule has 1 amide bonds. The van der Waals surface area contributed by atoms with Crippen LogP contribution in [0.3, 0.4) is 0 Å². The van der Waals surface area contributed by atoms with E-state index >= 15 is 0 Å². The molecule has 172 valence electrons. The first kappa shape index (κ1) is 23.4. The Bertz CT molecular complexity index is 1190. The molecule has 3 rings (SSSR count). The summed E-state index contributed by atoms with van der Waals surface area (Å²) in [5, 5.41) is 17.1. The molecule has 0 aliphatic rings. The number of aromatic nitrogens is 3. The van der Waals surface area contributed by atoms with Gasteiger partial charge in [-0.25, -0.2) is 14.5 Å². The van der Waals surface area contributed by atoms with Crippen molar-refractivity contribution in [2.75, 3.05) is 5.32 Å². The minimum Gasteiger partial charge on any atom is -0.449 e. The third kappa shape index (κ3) is 5.31. The van der Waals surface area contributed by atoms with Gasteiger partial charge in [-0.3, -0.25) is 14.9 Å². The Kier molecular flexibility index (Phi) is 6.42. The van der Waals surface area contributed by atoms with Gasteiger partial charge >= 0.3 is 12.1 Å². The lowest BCUT2D eigenvalue weighted by Gasteiger charge is -2.13. The van der Waals surface area contributed by atoms with Crippen LogP contribution in [0.4, 0.5) is 24.5 Å². The molecule has 2 heterocycles. The number of alkyl halides is 3. The third-order valence-electron chi connectivity index (χ3n) is 4.52. The molecule has 0 bridgehead atoms. The molecule has 1 N–H and O–H groups in total. The first-order valence-corrected chi connectivity index (χ1v) is 9.32. The summed E-state index contributed by atoms with van der Waals surface area (Å²) in [5.74, 6) is -1.49. The van der Waals surface area contributed by atoms with Gasteiger partial charge in [0.15, 0.2) is 11.9 Å². The average Bonchev–Trinajstić information content (AvgIpc) is 3.15. The van der Waals surface area contributed by atoms with E-state index in [1.54, 1.807) is 0 Å². The van der Waals surface area contributed by atoms with Crippen LogP contribution in [0.15, 0.2) is 48.8 Å². The number of nitrogens with one attached hydrogen (secondary N) is 1. The van der Waals surface area contributed by atoms with E-state index in [4.69, 9.17) is 4.74 Å². The van der Waals surface area contributed by atoms with Crippen LogP contribution in [-0.2, 0) is 15.7 Å². The number of non-ortho nitro benzene ring substituents is 1. The van der Waals surface area contributed by atoms with E-state index in [-0.39, 0.29) is 28.5 Å². The number of nitro benzene ring substituents is 1. The summed E-state index contributed by atoms with van der Waals surface area (Å²) in [5.41, 5.74) is -0.571. The van der Waals surface area contributed by atoms with E-state index in [0.29, 0.717) is 6.20 Å². The number of rotatable bonds is 6. The largest absolute Gasteiger partial charge is 0.449 e. The predicted octanol–water partition coefficient (Wildman–Crippen LogP) is 3.69. The fourth-order valence-corrected chi connectivity index (χ4v) is 2.71. The third-order valence-corrected chi connectivity index (χ3v) is 4.52. The standard InChI is InChI=1S/C20H16F3N5O5/c1-11-16(10-25-27(11)17-8-3-13(9-24-17)20(21,22)23)19(30)33-12(2)18(29)26-14-4-6-15(7-5-14)28(31)32/h3-10,12H,1-2H3,(H,26,29). The number of halogens is 3. The summed E-state index contributed by atoms with van der Waals surface area (Å²) < 4.78 is 44.4. The first-order chi connectivity index (χ1) is 15.5. The van der Waals surface area contributed by atoms with Crippen molar-refractivity contribution in [2.45, 2.75) is 26.1 Å². The first-order valence-electron chi connectivity index (χ1n) is 9.32. The maximum Gasteiger partial charge on any atom is 0.417 e. The minimum atomic E-state index is -4.54. The van der Waals surface area contributed by atoms with Gasteiger partial charge in [-0.2, -0.15) is 18.3 Å². The van der Waals surface area contributed by atoms with E-state index in [0.717, 1.165) is 18.3 Å². The summed E-state index contributed by atoms with van der Waals surface area (Å²) >= 11 is 0. The second-order valence-corrected chi connectivity index (χ2v) is 6.80. The highest BCUT2D eigenvalue weighted by molar-refractivity contribution is 5.97. The Morgan fingerprint density at radius 2 is 1.82 bits per heavy atom. The van der Waals surface area contributed by atoms with Gasteiger partial charge in [-0.1, -0.05) is 0 Å². The minimum absolute atomic E-state index is 0.00770. The van der Waals surface area contributed by atoms with Crippen LogP contribution in [0.25, 0.3) is 5.82 Å². The molecule has 0 aliphatic carbocycles. The topological polar surface area (TPSA) is 129 Å². The number of carbonyl (C=O) groups excluding carboxylic acids is 2. The molecular formula is C20H16F3N5O5. The molecule has 0 aliphatic heterocycles. The molecule has 13 heteroatoms. The molecule has 0 saturated carbocycles. The number of nitro groups is 1. The Hall–Kier alpha value is -4.29. The average molecular weight is 463 g/mol. The number of amides is 1. The van der Waals surface area contributed by atoms with Crippen LogP contribution in [0.2, 0.25) is 0 Å². The lowest BCUT2D eigenvalue weighted by Crippen LogP contribution is -2.30. The fraction of sp³-hybridized carbons (Fsp3) is 0.200. The van der Waals surface area contributed by atoms with Crippen molar-refractivity contribution < 1.29 is 32.4 Å². The van der Waals surface area contributed by atoms with Crippen LogP contribution in [0.1, 0.15) is 28.5 Å². The zero-order valence-corrected chi connectivity index (χ0v) is 17.2. The Balaban J connectivity index is 1.67. The molecule has 3 aromatic rings. The molecule has 1 unspecified atom stereocenters. The molecule has 2 aromatic heterocycles. The van der Waals surface area contributed by atoms with E-state index < -0.39 is 34.6 Å². The van der Waals surface area contributed by atoms with Crippen LogP contribution >= 0.6 is 0 Å². The van der Waals surface area contributed by atoms with Crippen LogP contribution in [-0.4, -0.2) is 37.7 Å². The fourth-order valence-electron chi connectivity index (χ4n) is 2.71. The number of ether oxygens (including phenoxy) is 1. The molecule has 0 fully saturated rings. The quantitative estimate of drug-likeness (QED) is 0.335. The zero-order chi connectivity index (χ0) is 24.3.